The number of rotatable bonds is 5. The summed E-state index contributed by atoms with van der Waals surface area (Å²) in [5, 5.41) is 13.5. The number of aromatic nitrogens is 2. The number of quaternary nitrogens is 1. The number of imidazole rings is 1. The topological polar surface area (TPSA) is 60.1 Å². The van der Waals surface area contributed by atoms with Crippen molar-refractivity contribution in [3.63, 3.8) is 0 Å². The Morgan fingerprint density at radius 3 is 2.84 bits per heavy atom. The normalized spacial score (nSPS) is 13.5. The van der Waals surface area contributed by atoms with Crippen LogP contribution in [0.2, 0.25) is 0 Å². The maximum absolute atomic E-state index is 9.78. The molecule has 3 N–H and O–H groups in total. The summed E-state index contributed by atoms with van der Waals surface area (Å²) >= 11 is 0. The molecule has 1 aliphatic carbocycles. The third-order valence-electron chi connectivity index (χ3n) is 5.15. The molecule has 0 unspecified atom stereocenters. The predicted octanol–water partition coefficient (Wildman–Crippen LogP) is 1.21. The molecule has 0 atom stereocenters. The molecule has 3 aromatic rings. The van der Waals surface area contributed by atoms with Gasteiger partial charge in [-0.2, -0.15) is 9.66 Å². The van der Waals surface area contributed by atoms with Crippen molar-refractivity contribution in [3.8, 4) is 6.07 Å². The number of fused-ring (bicyclic) bond motifs is 4. The number of hydrogen-bond acceptors (Lipinski definition) is 2. The smallest absolute Gasteiger partial charge is 0.250 e. The average Bonchev–Trinajstić information content (AvgIpc) is 3.22. The van der Waals surface area contributed by atoms with Gasteiger partial charge < -0.3 is 10.2 Å². The lowest BCUT2D eigenvalue weighted by Crippen LogP contribution is -3.05. The van der Waals surface area contributed by atoms with Gasteiger partial charge in [-0.3, -0.25) is 4.98 Å². The zero-order valence-electron chi connectivity index (χ0n) is 14.9. The fraction of sp³-hybridized carbons (Fsp3) is 0.400. The van der Waals surface area contributed by atoms with E-state index in [1.165, 1.54) is 21.8 Å². The van der Waals surface area contributed by atoms with Crippen LogP contribution in [0.15, 0.2) is 24.3 Å². The number of H-pyrrole nitrogens is 1. The molecule has 4 rings (SSSR count). The van der Waals surface area contributed by atoms with Crippen molar-refractivity contribution in [1.82, 2.24) is 4.98 Å². The van der Waals surface area contributed by atoms with Gasteiger partial charge in [-0.05, 0) is 37.0 Å². The highest BCUT2D eigenvalue weighted by Gasteiger charge is 2.29. The van der Waals surface area contributed by atoms with Crippen molar-refractivity contribution in [3.05, 3.63) is 41.0 Å². The zero-order valence-corrected chi connectivity index (χ0v) is 14.9. The summed E-state index contributed by atoms with van der Waals surface area (Å²) in [6.45, 7) is 2.10. The van der Waals surface area contributed by atoms with Crippen molar-refractivity contribution in [2.45, 2.75) is 25.7 Å². The van der Waals surface area contributed by atoms with Gasteiger partial charge >= 0.3 is 0 Å². The molecule has 5 heteroatoms. The number of para-hydroxylation sites is 2. The highest BCUT2D eigenvalue weighted by molar-refractivity contribution is 5.78. The minimum Gasteiger partial charge on any atom is -0.340 e. The second kappa shape index (κ2) is 6.38. The molecule has 0 aliphatic heterocycles. The highest BCUT2D eigenvalue weighted by Crippen LogP contribution is 2.32. The fourth-order valence-electron chi connectivity index (χ4n) is 4.00. The number of pyridine rings is 1. The SMILES string of the molecule is C[NH+](C)CCCNc1c2c(c(C#N)c3[nH]c4ccccc4[n+]13)CCC2. The number of benzene rings is 1. The van der Waals surface area contributed by atoms with Crippen molar-refractivity contribution in [2.75, 3.05) is 32.5 Å². The minimum atomic E-state index is 0.812. The minimum absolute atomic E-state index is 0.812. The van der Waals surface area contributed by atoms with Gasteiger partial charge in [-0.15, -0.1) is 0 Å². The molecule has 128 valence electrons. The van der Waals surface area contributed by atoms with Crippen LogP contribution in [-0.2, 0) is 12.8 Å². The van der Waals surface area contributed by atoms with E-state index in [1.54, 1.807) is 0 Å². The molecule has 0 radical (unpaired) electrons. The quantitative estimate of drug-likeness (QED) is 0.485. The molecule has 0 bridgehead atoms. The molecule has 0 saturated carbocycles. The van der Waals surface area contributed by atoms with E-state index in [-0.39, 0.29) is 0 Å². The van der Waals surface area contributed by atoms with Crippen molar-refractivity contribution in [1.29, 1.82) is 5.26 Å². The number of hydrogen-bond donors (Lipinski definition) is 3. The first-order valence-corrected chi connectivity index (χ1v) is 9.14. The summed E-state index contributed by atoms with van der Waals surface area (Å²) in [7, 11) is 4.37. The van der Waals surface area contributed by atoms with Crippen LogP contribution in [0.4, 0.5) is 5.82 Å². The Kier molecular flexibility index (Phi) is 4.06. The molecule has 2 heterocycles. The highest BCUT2D eigenvalue weighted by atomic mass is 15.1. The third-order valence-corrected chi connectivity index (χ3v) is 5.15. The van der Waals surface area contributed by atoms with E-state index in [1.807, 2.05) is 6.07 Å². The Hall–Kier alpha value is -2.58. The Morgan fingerprint density at radius 2 is 2.04 bits per heavy atom. The third kappa shape index (κ3) is 2.63. The van der Waals surface area contributed by atoms with Crippen LogP contribution >= 0.6 is 0 Å². The summed E-state index contributed by atoms with van der Waals surface area (Å²) in [5.74, 6) is 1.17. The van der Waals surface area contributed by atoms with Crippen molar-refractivity contribution < 1.29 is 9.30 Å². The molecule has 5 nitrogen and oxygen atoms in total. The summed E-state index contributed by atoms with van der Waals surface area (Å²) in [4.78, 5) is 4.94. The number of nitrogens with zero attached hydrogens (tertiary/aromatic N) is 2. The largest absolute Gasteiger partial charge is 0.340 e. The molecule has 0 amide bonds. The van der Waals surface area contributed by atoms with Crippen LogP contribution in [0.3, 0.4) is 0 Å². The van der Waals surface area contributed by atoms with Gasteiger partial charge in [0.1, 0.15) is 22.7 Å². The lowest BCUT2D eigenvalue weighted by Gasteiger charge is -2.11. The fourth-order valence-corrected chi connectivity index (χ4v) is 4.00. The molecule has 0 saturated heterocycles. The molecule has 2 aromatic heterocycles. The number of nitriles is 1. The zero-order chi connectivity index (χ0) is 17.4. The Morgan fingerprint density at radius 1 is 1.24 bits per heavy atom. The van der Waals surface area contributed by atoms with Crippen LogP contribution in [0.1, 0.15) is 29.5 Å². The van der Waals surface area contributed by atoms with E-state index in [0.29, 0.717) is 0 Å². The van der Waals surface area contributed by atoms with Crippen molar-refractivity contribution in [2.24, 2.45) is 0 Å². The van der Waals surface area contributed by atoms with E-state index >= 15 is 0 Å². The summed E-state index contributed by atoms with van der Waals surface area (Å²) < 4.78 is 2.22. The maximum Gasteiger partial charge on any atom is 0.250 e. The lowest BCUT2D eigenvalue weighted by molar-refractivity contribution is -0.858. The molecule has 1 aromatic carbocycles. The summed E-state index contributed by atoms with van der Waals surface area (Å²) in [5.41, 5.74) is 6.50. The van der Waals surface area contributed by atoms with E-state index in [0.717, 1.165) is 61.0 Å². The van der Waals surface area contributed by atoms with Crippen LogP contribution in [0, 0.1) is 11.3 Å². The van der Waals surface area contributed by atoms with Crippen LogP contribution in [-0.4, -0.2) is 32.2 Å². The lowest BCUT2D eigenvalue weighted by atomic mass is 10.1. The molecular weight excluding hydrogens is 310 g/mol. The van der Waals surface area contributed by atoms with E-state index in [4.69, 9.17) is 0 Å². The number of anilines is 1. The van der Waals surface area contributed by atoms with Crippen LogP contribution < -0.4 is 14.6 Å². The number of aromatic amines is 1. The Labute approximate surface area is 147 Å². The molecular formula is C20H25N5+2. The van der Waals surface area contributed by atoms with E-state index in [9.17, 15) is 5.26 Å². The van der Waals surface area contributed by atoms with Gasteiger partial charge in [0.2, 0.25) is 11.5 Å². The van der Waals surface area contributed by atoms with E-state index in [2.05, 4.69) is 53.1 Å². The van der Waals surface area contributed by atoms with Gasteiger partial charge in [0.15, 0.2) is 0 Å². The van der Waals surface area contributed by atoms with Gasteiger partial charge in [0.25, 0.3) is 0 Å². The average molecular weight is 335 g/mol. The van der Waals surface area contributed by atoms with Crippen molar-refractivity contribution >= 4 is 22.5 Å². The first-order valence-electron chi connectivity index (χ1n) is 9.14. The monoisotopic (exact) mass is 335 g/mol. The van der Waals surface area contributed by atoms with Crippen LogP contribution in [0.5, 0.6) is 0 Å². The standard InChI is InChI=1S/C20H23N5/c1-24(2)12-6-11-22-19-15-8-5-7-14(15)16(13-21)20-23-17-9-3-4-10-18(17)25(19)20/h3-4,9-10H,5-8,11-12H2,1-2H3,(H,22,23)/p+2. The molecule has 0 fully saturated rings. The number of nitrogens with one attached hydrogen (secondary N) is 3. The first kappa shape index (κ1) is 15.9. The maximum atomic E-state index is 9.78. The summed E-state index contributed by atoms with van der Waals surface area (Å²) in [6.07, 6.45) is 4.31. The molecule has 0 spiro atoms. The van der Waals surface area contributed by atoms with Crippen LogP contribution in [0.25, 0.3) is 16.7 Å². The second-order valence-electron chi connectivity index (χ2n) is 7.21. The second-order valence-corrected chi connectivity index (χ2v) is 7.21. The molecule has 25 heavy (non-hydrogen) atoms. The van der Waals surface area contributed by atoms with Gasteiger partial charge in [0, 0.05) is 12.0 Å². The molecule has 1 aliphatic rings. The van der Waals surface area contributed by atoms with E-state index < -0.39 is 0 Å². The predicted molar refractivity (Wildman–Crippen MR) is 99.0 cm³/mol. The van der Waals surface area contributed by atoms with Gasteiger partial charge in [-0.25, -0.2) is 0 Å². The Bertz CT molecular complexity index is 977. The summed E-state index contributed by atoms with van der Waals surface area (Å²) in [6, 6.07) is 10.7. The Balaban J connectivity index is 1.89. The van der Waals surface area contributed by atoms with Gasteiger partial charge in [0.05, 0.1) is 27.2 Å². The first-order chi connectivity index (χ1) is 12.2. The van der Waals surface area contributed by atoms with Gasteiger partial charge in [-0.1, -0.05) is 12.1 Å².